The molecule has 0 aromatic rings. The number of carbonyl (C=O) groups excluding carboxylic acids is 2. The summed E-state index contributed by atoms with van der Waals surface area (Å²) in [5.41, 5.74) is 0. The first kappa shape index (κ1) is 15.4. The van der Waals surface area contributed by atoms with Gasteiger partial charge in [0.05, 0.1) is 12.9 Å². The van der Waals surface area contributed by atoms with Crippen LogP contribution in [-0.2, 0) is 9.53 Å². The van der Waals surface area contributed by atoms with Gasteiger partial charge < -0.3 is 15.0 Å². The third-order valence-electron chi connectivity index (χ3n) is 1.85. The number of amides is 2. The second-order valence-electron chi connectivity index (χ2n) is 3.90. The highest BCUT2D eigenvalue weighted by atomic mass is 16.5. The molecule has 0 spiro atoms. The molecule has 17 heavy (non-hydrogen) atoms. The Hall–Kier alpha value is -1.59. The van der Waals surface area contributed by atoms with Gasteiger partial charge in [0.2, 0.25) is 0 Å². The summed E-state index contributed by atoms with van der Waals surface area (Å²) in [4.78, 5) is 27.9. The normalized spacial score (nSPS) is 12.2. The van der Waals surface area contributed by atoms with Gasteiger partial charge in [0, 0.05) is 14.1 Å². The van der Waals surface area contributed by atoms with Gasteiger partial charge in [0.15, 0.2) is 0 Å². The topological polar surface area (TPSA) is 71.0 Å². The standard InChI is InChI=1S/C11H21N3O3/c1-5-6-7-17-11(16)13-9(2)10(15)12-8-14(3)4/h8-9H,5-7H2,1-4H3,(H,13,16)/t9-/m0/s1. The Labute approximate surface area is 102 Å². The summed E-state index contributed by atoms with van der Waals surface area (Å²) >= 11 is 0. The van der Waals surface area contributed by atoms with Crippen LogP contribution in [0.3, 0.4) is 0 Å². The SMILES string of the molecule is CCCCOC(=O)N[C@@H](C)C(=O)N=CN(C)C. The minimum absolute atomic E-state index is 0.365. The summed E-state index contributed by atoms with van der Waals surface area (Å²) in [6.45, 7) is 3.93. The summed E-state index contributed by atoms with van der Waals surface area (Å²) < 4.78 is 4.86. The van der Waals surface area contributed by atoms with Crippen molar-refractivity contribution in [1.29, 1.82) is 0 Å². The van der Waals surface area contributed by atoms with Crippen LogP contribution in [0.2, 0.25) is 0 Å². The van der Waals surface area contributed by atoms with Gasteiger partial charge in [0.1, 0.15) is 6.04 Å². The number of unbranched alkanes of at least 4 members (excludes halogenated alkanes) is 1. The zero-order valence-electron chi connectivity index (χ0n) is 10.9. The largest absolute Gasteiger partial charge is 0.450 e. The molecule has 0 saturated heterocycles. The highest BCUT2D eigenvalue weighted by Gasteiger charge is 2.14. The summed E-state index contributed by atoms with van der Waals surface area (Å²) in [5, 5.41) is 2.42. The molecule has 6 nitrogen and oxygen atoms in total. The Morgan fingerprint density at radius 1 is 1.47 bits per heavy atom. The number of hydrogen-bond acceptors (Lipinski definition) is 3. The lowest BCUT2D eigenvalue weighted by Gasteiger charge is -2.11. The van der Waals surface area contributed by atoms with Crippen LogP contribution in [0.25, 0.3) is 0 Å². The second-order valence-corrected chi connectivity index (χ2v) is 3.90. The van der Waals surface area contributed by atoms with Crippen LogP contribution in [-0.4, -0.2) is 50.0 Å². The number of nitrogens with zero attached hydrogens (tertiary/aromatic N) is 2. The molecule has 0 radical (unpaired) electrons. The van der Waals surface area contributed by atoms with Crippen molar-refractivity contribution in [2.45, 2.75) is 32.7 Å². The van der Waals surface area contributed by atoms with Gasteiger partial charge in [-0.15, -0.1) is 0 Å². The number of nitrogens with one attached hydrogen (secondary N) is 1. The molecule has 0 aromatic carbocycles. The van der Waals surface area contributed by atoms with E-state index in [0.717, 1.165) is 12.8 Å². The lowest BCUT2D eigenvalue weighted by Crippen LogP contribution is -2.38. The molecule has 2 amide bonds. The van der Waals surface area contributed by atoms with Gasteiger partial charge in [-0.25, -0.2) is 9.79 Å². The molecular weight excluding hydrogens is 222 g/mol. The van der Waals surface area contributed by atoms with E-state index in [1.165, 1.54) is 6.34 Å². The quantitative estimate of drug-likeness (QED) is 0.429. The first-order chi connectivity index (χ1) is 7.97. The number of carbonyl (C=O) groups is 2. The van der Waals surface area contributed by atoms with Crippen LogP contribution < -0.4 is 5.32 Å². The Morgan fingerprint density at radius 3 is 2.65 bits per heavy atom. The van der Waals surface area contributed by atoms with E-state index in [2.05, 4.69) is 10.3 Å². The first-order valence-corrected chi connectivity index (χ1v) is 5.65. The Balaban J connectivity index is 3.94. The van der Waals surface area contributed by atoms with Gasteiger partial charge in [0.25, 0.3) is 5.91 Å². The molecule has 0 aliphatic heterocycles. The Kier molecular flexibility index (Phi) is 7.75. The lowest BCUT2D eigenvalue weighted by atomic mass is 10.3. The summed E-state index contributed by atoms with van der Waals surface area (Å²) in [5.74, 6) is -0.411. The lowest BCUT2D eigenvalue weighted by molar-refractivity contribution is -0.119. The molecule has 1 atom stereocenters. The maximum absolute atomic E-state index is 11.4. The molecule has 0 unspecified atom stereocenters. The fourth-order valence-corrected chi connectivity index (χ4v) is 0.874. The van der Waals surface area contributed by atoms with Crippen LogP contribution in [0, 0.1) is 0 Å². The van der Waals surface area contributed by atoms with Crippen molar-refractivity contribution in [1.82, 2.24) is 10.2 Å². The smallest absolute Gasteiger partial charge is 0.407 e. The van der Waals surface area contributed by atoms with E-state index in [1.807, 2.05) is 6.92 Å². The number of alkyl carbamates (subject to hydrolysis) is 1. The van der Waals surface area contributed by atoms with E-state index in [0.29, 0.717) is 6.61 Å². The highest BCUT2D eigenvalue weighted by Crippen LogP contribution is 1.92. The molecular formula is C11H21N3O3. The molecule has 0 heterocycles. The number of hydrogen-bond donors (Lipinski definition) is 1. The summed E-state index contributed by atoms with van der Waals surface area (Å²) in [6.07, 6.45) is 2.58. The average molecular weight is 243 g/mol. The summed E-state index contributed by atoms with van der Waals surface area (Å²) in [7, 11) is 3.52. The van der Waals surface area contributed by atoms with Gasteiger partial charge in [-0.3, -0.25) is 4.79 Å². The van der Waals surface area contributed by atoms with Crippen molar-refractivity contribution in [2.75, 3.05) is 20.7 Å². The van der Waals surface area contributed by atoms with E-state index in [4.69, 9.17) is 4.74 Å². The van der Waals surface area contributed by atoms with Crippen molar-refractivity contribution in [3.05, 3.63) is 0 Å². The first-order valence-electron chi connectivity index (χ1n) is 5.65. The molecule has 6 heteroatoms. The van der Waals surface area contributed by atoms with Crippen molar-refractivity contribution < 1.29 is 14.3 Å². The monoisotopic (exact) mass is 243 g/mol. The minimum Gasteiger partial charge on any atom is -0.450 e. The van der Waals surface area contributed by atoms with Gasteiger partial charge in [-0.1, -0.05) is 13.3 Å². The van der Waals surface area contributed by atoms with Crippen LogP contribution >= 0.6 is 0 Å². The molecule has 0 aliphatic rings. The van der Waals surface area contributed by atoms with Gasteiger partial charge in [-0.05, 0) is 13.3 Å². The van der Waals surface area contributed by atoms with E-state index >= 15 is 0 Å². The van der Waals surface area contributed by atoms with Crippen molar-refractivity contribution >= 4 is 18.3 Å². The molecule has 0 rings (SSSR count). The van der Waals surface area contributed by atoms with Gasteiger partial charge in [-0.2, -0.15) is 0 Å². The Bertz CT molecular complexity index is 277. The van der Waals surface area contributed by atoms with E-state index in [1.54, 1.807) is 25.9 Å². The number of ether oxygens (including phenoxy) is 1. The third kappa shape index (κ3) is 8.24. The average Bonchev–Trinajstić information content (AvgIpc) is 2.26. The summed E-state index contributed by atoms with van der Waals surface area (Å²) in [6, 6.07) is -0.680. The van der Waals surface area contributed by atoms with E-state index in [9.17, 15) is 9.59 Å². The molecule has 0 fully saturated rings. The predicted octanol–water partition coefficient (Wildman–Crippen LogP) is 1.02. The fourth-order valence-electron chi connectivity index (χ4n) is 0.874. The Morgan fingerprint density at radius 2 is 2.12 bits per heavy atom. The van der Waals surface area contributed by atoms with Crippen LogP contribution in [0.4, 0.5) is 4.79 Å². The van der Waals surface area contributed by atoms with E-state index < -0.39 is 18.0 Å². The second kappa shape index (κ2) is 8.55. The minimum atomic E-state index is -0.680. The van der Waals surface area contributed by atoms with Crippen molar-refractivity contribution in [3.63, 3.8) is 0 Å². The molecule has 0 aliphatic carbocycles. The third-order valence-corrected chi connectivity index (χ3v) is 1.85. The van der Waals surface area contributed by atoms with Crippen LogP contribution in [0.1, 0.15) is 26.7 Å². The molecule has 1 N–H and O–H groups in total. The maximum Gasteiger partial charge on any atom is 0.407 e. The molecule has 0 aromatic heterocycles. The maximum atomic E-state index is 11.4. The van der Waals surface area contributed by atoms with Crippen LogP contribution in [0.5, 0.6) is 0 Å². The predicted molar refractivity (Wildman–Crippen MR) is 66.0 cm³/mol. The van der Waals surface area contributed by atoms with Crippen molar-refractivity contribution in [2.24, 2.45) is 4.99 Å². The molecule has 0 bridgehead atoms. The van der Waals surface area contributed by atoms with Crippen LogP contribution in [0.15, 0.2) is 4.99 Å². The zero-order valence-corrected chi connectivity index (χ0v) is 10.9. The number of rotatable bonds is 6. The molecule has 0 saturated carbocycles. The van der Waals surface area contributed by atoms with E-state index in [-0.39, 0.29) is 0 Å². The van der Waals surface area contributed by atoms with Crippen molar-refractivity contribution in [3.8, 4) is 0 Å². The van der Waals surface area contributed by atoms with Gasteiger partial charge >= 0.3 is 6.09 Å². The number of aliphatic imine (C=N–C) groups is 1. The fraction of sp³-hybridized carbons (Fsp3) is 0.727. The zero-order chi connectivity index (χ0) is 13.3. The molecule has 98 valence electrons. The highest BCUT2D eigenvalue weighted by molar-refractivity contribution is 5.90.